The van der Waals surface area contributed by atoms with Gasteiger partial charge in [0.2, 0.25) is 0 Å². The van der Waals surface area contributed by atoms with Crippen LogP contribution in [0.15, 0.2) is 29.3 Å². The van der Waals surface area contributed by atoms with E-state index >= 15 is 0 Å². The Kier molecular flexibility index (Phi) is 5.91. The van der Waals surface area contributed by atoms with Crippen LogP contribution in [-0.4, -0.2) is 31.1 Å². The Hall–Kier alpha value is -1.95. The van der Waals surface area contributed by atoms with Crippen molar-refractivity contribution in [2.24, 2.45) is 4.99 Å². The Labute approximate surface area is 159 Å². The SMILES string of the molecule is CN=C(NCCc1nc(C)c(C)s1)NCC1(c2ccc(F)cc2)CCC1. The average Bonchev–Trinajstić information content (AvgIpc) is 2.91. The van der Waals surface area contributed by atoms with Gasteiger partial charge in [-0.25, -0.2) is 9.37 Å². The molecule has 0 atom stereocenters. The molecule has 6 heteroatoms. The van der Waals surface area contributed by atoms with E-state index < -0.39 is 0 Å². The minimum absolute atomic E-state index is 0.0921. The zero-order chi connectivity index (χ0) is 18.6. The first-order chi connectivity index (χ1) is 12.5. The summed E-state index contributed by atoms with van der Waals surface area (Å²) in [5, 5.41) is 7.99. The summed E-state index contributed by atoms with van der Waals surface area (Å²) in [5.41, 5.74) is 2.43. The standard InChI is InChI=1S/C20H27FN4S/c1-14-15(2)26-18(25-14)9-12-23-19(22-3)24-13-20(10-4-11-20)16-5-7-17(21)8-6-16/h5-8H,4,9-13H2,1-3H3,(H2,22,23,24). The molecule has 0 saturated heterocycles. The summed E-state index contributed by atoms with van der Waals surface area (Å²) in [6, 6.07) is 6.94. The Morgan fingerprint density at radius 1 is 1.23 bits per heavy atom. The number of aryl methyl sites for hydroxylation is 2. The number of aliphatic imine (C=N–C) groups is 1. The van der Waals surface area contributed by atoms with Crippen LogP contribution >= 0.6 is 11.3 Å². The Morgan fingerprint density at radius 3 is 2.50 bits per heavy atom. The number of halogens is 1. The van der Waals surface area contributed by atoms with Crippen LogP contribution in [0.5, 0.6) is 0 Å². The van der Waals surface area contributed by atoms with E-state index in [1.165, 1.54) is 16.9 Å². The number of hydrogen-bond donors (Lipinski definition) is 2. The molecule has 140 valence electrons. The largest absolute Gasteiger partial charge is 0.356 e. The maximum Gasteiger partial charge on any atom is 0.191 e. The van der Waals surface area contributed by atoms with E-state index in [0.717, 1.165) is 49.0 Å². The van der Waals surface area contributed by atoms with E-state index in [1.54, 1.807) is 30.5 Å². The summed E-state index contributed by atoms with van der Waals surface area (Å²) in [6.07, 6.45) is 4.36. The van der Waals surface area contributed by atoms with Crippen LogP contribution < -0.4 is 10.6 Å². The monoisotopic (exact) mass is 374 g/mol. The molecular weight excluding hydrogens is 347 g/mol. The van der Waals surface area contributed by atoms with E-state index in [-0.39, 0.29) is 11.2 Å². The van der Waals surface area contributed by atoms with Gasteiger partial charge in [0.15, 0.2) is 5.96 Å². The summed E-state index contributed by atoms with van der Waals surface area (Å²) in [7, 11) is 1.79. The van der Waals surface area contributed by atoms with Crippen LogP contribution in [0.25, 0.3) is 0 Å². The molecule has 0 amide bonds. The van der Waals surface area contributed by atoms with Gasteiger partial charge in [-0.05, 0) is 44.4 Å². The van der Waals surface area contributed by atoms with E-state index in [1.807, 2.05) is 12.1 Å². The quantitative estimate of drug-likeness (QED) is 0.598. The molecule has 4 nitrogen and oxygen atoms in total. The van der Waals surface area contributed by atoms with Gasteiger partial charge in [0.25, 0.3) is 0 Å². The molecule has 0 unspecified atom stereocenters. The van der Waals surface area contributed by atoms with Gasteiger partial charge in [0.05, 0.1) is 10.7 Å². The molecule has 1 saturated carbocycles. The first-order valence-electron chi connectivity index (χ1n) is 9.16. The van der Waals surface area contributed by atoms with Crippen molar-refractivity contribution < 1.29 is 4.39 Å². The molecule has 2 aromatic rings. The molecule has 3 rings (SSSR count). The van der Waals surface area contributed by atoms with E-state index in [9.17, 15) is 4.39 Å². The lowest BCUT2D eigenvalue weighted by Crippen LogP contribution is -2.49. The van der Waals surface area contributed by atoms with Crippen molar-refractivity contribution in [1.29, 1.82) is 0 Å². The van der Waals surface area contributed by atoms with Crippen LogP contribution in [0.4, 0.5) is 4.39 Å². The molecule has 1 aromatic carbocycles. The van der Waals surface area contributed by atoms with Gasteiger partial charge in [0, 0.05) is 36.9 Å². The lowest BCUT2D eigenvalue weighted by Gasteiger charge is -2.43. The third-order valence-corrected chi connectivity index (χ3v) is 6.42. The number of thiazole rings is 1. The van der Waals surface area contributed by atoms with Gasteiger partial charge in [0.1, 0.15) is 5.82 Å². The van der Waals surface area contributed by atoms with E-state index in [4.69, 9.17) is 0 Å². The molecule has 1 aromatic heterocycles. The number of nitrogens with one attached hydrogen (secondary N) is 2. The molecule has 1 aliphatic carbocycles. The second-order valence-corrected chi connectivity index (χ2v) is 8.28. The molecular formula is C20H27FN4S. The zero-order valence-electron chi connectivity index (χ0n) is 15.7. The van der Waals surface area contributed by atoms with Crippen molar-refractivity contribution in [3.8, 4) is 0 Å². The normalized spacial score (nSPS) is 16.2. The van der Waals surface area contributed by atoms with Crippen LogP contribution in [0.1, 0.15) is 40.4 Å². The highest BCUT2D eigenvalue weighted by atomic mass is 32.1. The van der Waals surface area contributed by atoms with Gasteiger partial charge in [-0.1, -0.05) is 18.6 Å². The fraction of sp³-hybridized carbons (Fsp3) is 0.500. The molecule has 2 N–H and O–H groups in total. The maximum atomic E-state index is 13.2. The third kappa shape index (κ3) is 4.23. The van der Waals surface area contributed by atoms with Gasteiger partial charge in [-0.3, -0.25) is 4.99 Å². The first kappa shape index (κ1) is 18.8. The van der Waals surface area contributed by atoms with Crippen molar-refractivity contribution in [3.05, 3.63) is 51.2 Å². The number of guanidine groups is 1. The highest BCUT2D eigenvalue weighted by Gasteiger charge is 2.38. The third-order valence-electron chi connectivity index (χ3n) is 5.29. The number of aromatic nitrogens is 1. The van der Waals surface area contributed by atoms with Gasteiger partial charge < -0.3 is 10.6 Å². The molecule has 0 radical (unpaired) electrons. The van der Waals surface area contributed by atoms with Crippen LogP contribution in [0.3, 0.4) is 0 Å². The summed E-state index contributed by atoms with van der Waals surface area (Å²) >= 11 is 1.76. The number of rotatable bonds is 6. The molecule has 0 spiro atoms. The fourth-order valence-electron chi connectivity index (χ4n) is 3.38. The number of hydrogen-bond acceptors (Lipinski definition) is 3. The van der Waals surface area contributed by atoms with E-state index in [0.29, 0.717) is 0 Å². The Balaban J connectivity index is 1.52. The molecule has 0 aliphatic heterocycles. The second kappa shape index (κ2) is 8.16. The minimum atomic E-state index is -0.179. The highest BCUT2D eigenvalue weighted by molar-refractivity contribution is 7.11. The van der Waals surface area contributed by atoms with Crippen LogP contribution in [0, 0.1) is 19.7 Å². The van der Waals surface area contributed by atoms with Gasteiger partial charge in [-0.2, -0.15) is 0 Å². The minimum Gasteiger partial charge on any atom is -0.356 e. The predicted octanol–water partition coefficient (Wildman–Crippen LogP) is 3.73. The van der Waals surface area contributed by atoms with Gasteiger partial charge in [-0.15, -0.1) is 11.3 Å². The summed E-state index contributed by atoms with van der Waals surface area (Å²) in [4.78, 5) is 10.2. The lowest BCUT2D eigenvalue weighted by atomic mass is 9.64. The van der Waals surface area contributed by atoms with Gasteiger partial charge >= 0.3 is 0 Å². The van der Waals surface area contributed by atoms with Crippen molar-refractivity contribution in [2.45, 2.75) is 44.9 Å². The molecule has 1 aliphatic rings. The molecule has 0 bridgehead atoms. The summed E-state index contributed by atoms with van der Waals surface area (Å²) in [5.74, 6) is 0.629. The smallest absolute Gasteiger partial charge is 0.191 e. The molecule has 26 heavy (non-hydrogen) atoms. The molecule has 1 fully saturated rings. The lowest BCUT2D eigenvalue weighted by molar-refractivity contribution is 0.243. The summed E-state index contributed by atoms with van der Waals surface area (Å²) < 4.78 is 13.2. The van der Waals surface area contributed by atoms with Crippen molar-refractivity contribution in [3.63, 3.8) is 0 Å². The number of benzene rings is 1. The van der Waals surface area contributed by atoms with E-state index in [2.05, 4.69) is 34.5 Å². The topological polar surface area (TPSA) is 49.3 Å². The zero-order valence-corrected chi connectivity index (χ0v) is 16.5. The van der Waals surface area contributed by atoms with Crippen molar-refractivity contribution in [1.82, 2.24) is 15.6 Å². The van der Waals surface area contributed by atoms with Crippen LogP contribution in [-0.2, 0) is 11.8 Å². The maximum absolute atomic E-state index is 13.2. The van der Waals surface area contributed by atoms with Crippen molar-refractivity contribution in [2.75, 3.05) is 20.1 Å². The average molecular weight is 375 g/mol. The number of nitrogens with zero attached hydrogens (tertiary/aromatic N) is 2. The molecule has 1 heterocycles. The van der Waals surface area contributed by atoms with Crippen molar-refractivity contribution >= 4 is 17.3 Å². The highest BCUT2D eigenvalue weighted by Crippen LogP contribution is 2.43. The fourth-order valence-corrected chi connectivity index (χ4v) is 4.32. The Bertz CT molecular complexity index is 743. The predicted molar refractivity (Wildman–Crippen MR) is 107 cm³/mol. The Morgan fingerprint density at radius 2 is 1.96 bits per heavy atom. The second-order valence-electron chi connectivity index (χ2n) is 6.99. The van der Waals surface area contributed by atoms with Crippen LogP contribution in [0.2, 0.25) is 0 Å². The first-order valence-corrected chi connectivity index (χ1v) is 9.97. The summed E-state index contributed by atoms with van der Waals surface area (Å²) in [6.45, 7) is 5.78.